The molecule has 0 amide bonds. The van der Waals surface area contributed by atoms with E-state index in [1.54, 1.807) is 19.1 Å². The quantitative estimate of drug-likeness (QED) is 0.851. The molecule has 0 bridgehead atoms. The number of aromatic nitrogens is 1. The molecular weight excluding hydrogens is 306 g/mol. The van der Waals surface area contributed by atoms with Gasteiger partial charge in [-0.05, 0) is 37.6 Å². The molecule has 0 aliphatic heterocycles. The van der Waals surface area contributed by atoms with Crippen molar-refractivity contribution in [1.82, 2.24) is 4.98 Å². The molecule has 0 unspecified atom stereocenters. The van der Waals surface area contributed by atoms with Crippen LogP contribution in [0.5, 0.6) is 5.75 Å². The van der Waals surface area contributed by atoms with Gasteiger partial charge in [0.1, 0.15) is 17.4 Å². The second kappa shape index (κ2) is 7.47. The maximum atomic E-state index is 11.8. The van der Waals surface area contributed by atoms with Gasteiger partial charge in [-0.2, -0.15) is 5.26 Å². The van der Waals surface area contributed by atoms with E-state index in [0.29, 0.717) is 29.1 Å². The van der Waals surface area contributed by atoms with Gasteiger partial charge < -0.3 is 14.8 Å². The Balaban J connectivity index is 2.27. The van der Waals surface area contributed by atoms with Crippen molar-refractivity contribution in [2.75, 3.05) is 19.5 Å². The van der Waals surface area contributed by atoms with Crippen molar-refractivity contribution in [3.63, 3.8) is 0 Å². The Bertz CT molecular complexity index is 810. The van der Waals surface area contributed by atoms with Crippen LogP contribution in [0, 0.1) is 25.2 Å². The fraction of sp³-hybridized carbons (Fsp3) is 0.278. The summed E-state index contributed by atoms with van der Waals surface area (Å²) in [6.07, 6.45) is 0. The van der Waals surface area contributed by atoms with Gasteiger partial charge in [-0.1, -0.05) is 6.07 Å². The Kier molecular flexibility index (Phi) is 5.38. The van der Waals surface area contributed by atoms with Gasteiger partial charge in [0.05, 0.1) is 31.2 Å². The number of rotatable bonds is 5. The van der Waals surface area contributed by atoms with Crippen LogP contribution in [0.1, 0.15) is 32.9 Å². The molecule has 0 aliphatic rings. The molecule has 1 heterocycles. The molecule has 1 N–H and O–H groups in total. The van der Waals surface area contributed by atoms with Gasteiger partial charge in [-0.3, -0.25) is 4.98 Å². The van der Waals surface area contributed by atoms with E-state index in [1.807, 2.05) is 19.1 Å². The zero-order valence-electron chi connectivity index (χ0n) is 14.1. The first-order valence-electron chi connectivity index (χ1n) is 7.37. The molecule has 1 aromatic heterocycles. The van der Waals surface area contributed by atoms with Crippen molar-refractivity contribution in [2.24, 2.45) is 0 Å². The molecule has 1 aromatic carbocycles. The van der Waals surface area contributed by atoms with Gasteiger partial charge in [0.2, 0.25) is 0 Å². The lowest BCUT2D eigenvalue weighted by Gasteiger charge is -2.13. The summed E-state index contributed by atoms with van der Waals surface area (Å²) in [5, 5.41) is 12.5. The van der Waals surface area contributed by atoms with Crippen molar-refractivity contribution < 1.29 is 14.3 Å². The number of anilines is 1. The monoisotopic (exact) mass is 325 g/mol. The first-order valence-corrected chi connectivity index (χ1v) is 7.37. The van der Waals surface area contributed by atoms with Crippen LogP contribution in [-0.2, 0) is 11.3 Å². The Morgan fingerprint density at radius 3 is 2.67 bits per heavy atom. The molecule has 0 aliphatic carbocycles. The summed E-state index contributed by atoms with van der Waals surface area (Å²) in [7, 11) is 2.83. The summed E-state index contributed by atoms with van der Waals surface area (Å²) in [5.74, 6) is 0.000859. The average molecular weight is 325 g/mol. The lowest BCUT2D eigenvalue weighted by molar-refractivity contribution is 0.0597. The number of hydrogen-bond acceptors (Lipinski definition) is 6. The molecule has 0 fully saturated rings. The number of nitriles is 1. The first kappa shape index (κ1) is 17.3. The molecule has 0 saturated carbocycles. The Labute approximate surface area is 141 Å². The highest BCUT2D eigenvalue weighted by molar-refractivity contribution is 5.92. The molecule has 24 heavy (non-hydrogen) atoms. The van der Waals surface area contributed by atoms with Crippen molar-refractivity contribution in [3.8, 4) is 11.8 Å². The molecule has 0 spiro atoms. The smallest absolute Gasteiger partial charge is 0.341 e. The number of carbonyl (C=O) groups is 1. The number of pyridine rings is 1. The van der Waals surface area contributed by atoms with Crippen LogP contribution in [0.15, 0.2) is 24.3 Å². The van der Waals surface area contributed by atoms with E-state index in [2.05, 4.69) is 16.4 Å². The van der Waals surface area contributed by atoms with Crippen molar-refractivity contribution in [2.45, 2.75) is 20.4 Å². The molecule has 2 rings (SSSR count). The Morgan fingerprint density at radius 1 is 1.29 bits per heavy atom. The minimum absolute atomic E-state index is 0.363. The Morgan fingerprint density at radius 2 is 2.04 bits per heavy atom. The molecule has 124 valence electrons. The largest absolute Gasteiger partial charge is 0.496 e. The molecule has 0 atom stereocenters. The van der Waals surface area contributed by atoms with Gasteiger partial charge in [0, 0.05) is 12.2 Å². The zero-order valence-corrected chi connectivity index (χ0v) is 14.1. The van der Waals surface area contributed by atoms with E-state index < -0.39 is 5.97 Å². The zero-order chi connectivity index (χ0) is 17.7. The van der Waals surface area contributed by atoms with Crippen LogP contribution in [0.2, 0.25) is 0 Å². The number of esters is 1. The van der Waals surface area contributed by atoms with E-state index >= 15 is 0 Å². The van der Waals surface area contributed by atoms with Crippen LogP contribution in [-0.4, -0.2) is 25.2 Å². The second-order valence-electron chi connectivity index (χ2n) is 5.26. The molecule has 0 radical (unpaired) electrons. The minimum atomic E-state index is -0.456. The van der Waals surface area contributed by atoms with Crippen molar-refractivity contribution >= 4 is 11.7 Å². The number of methoxy groups -OCH3 is 2. The minimum Gasteiger partial charge on any atom is -0.496 e. The van der Waals surface area contributed by atoms with Gasteiger partial charge in [-0.25, -0.2) is 4.79 Å². The molecular formula is C18H19N3O3. The number of benzene rings is 1. The van der Waals surface area contributed by atoms with Gasteiger partial charge in [-0.15, -0.1) is 0 Å². The highest BCUT2D eigenvalue weighted by atomic mass is 16.5. The number of carbonyl (C=O) groups excluding carboxylic acids is 1. The Hall–Kier alpha value is -3.07. The summed E-state index contributed by atoms with van der Waals surface area (Å²) >= 11 is 0. The summed E-state index contributed by atoms with van der Waals surface area (Å²) < 4.78 is 9.96. The first-order chi connectivity index (χ1) is 11.5. The van der Waals surface area contributed by atoms with E-state index in [9.17, 15) is 10.1 Å². The van der Waals surface area contributed by atoms with Gasteiger partial charge in [0.15, 0.2) is 0 Å². The van der Waals surface area contributed by atoms with Crippen LogP contribution in [0.4, 0.5) is 5.69 Å². The summed E-state index contributed by atoms with van der Waals surface area (Å²) in [6, 6.07) is 9.28. The normalized spacial score (nSPS) is 9.96. The maximum Gasteiger partial charge on any atom is 0.341 e. The number of nitrogens with one attached hydrogen (secondary N) is 1. The van der Waals surface area contributed by atoms with E-state index in [-0.39, 0.29) is 0 Å². The summed E-state index contributed by atoms with van der Waals surface area (Å²) in [5.41, 5.74) is 3.98. The topological polar surface area (TPSA) is 84.2 Å². The van der Waals surface area contributed by atoms with Gasteiger partial charge >= 0.3 is 5.97 Å². The third-order valence-corrected chi connectivity index (χ3v) is 3.59. The highest BCUT2D eigenvalue weighted by Gasteiger charge is 2.14. The number of aryl methyl sites for hydroxylation is 2. The molecule has 6 heteroatoms. The van der Waals surface area contributed by atoms with E-state index in [0.717, 1.165) is 16.9 Å². The summed E-state index contributed by atoms with van der Waals surface area (Å²) in [4.78, 5) is 16.1. The fourth-order valence-electron chi connectivity index (χ4n) is 2.44. The fourth-order valence-corrected chi connectivity index (χ4v) is 2.44. The van der Waals surface area contributed by atoms with Crippen molar-refractivity contribution in [3.05, 3.63) is 52.3 Å². The lowest BCUT2D eigenvalue weighted by Crippen LogP contribution is -2.08. The third kappa shape index (κ3) is 3.63. The van der Waals surface area contributed by atoms with Gasteiger partial charge in [0.25, 0.3) is 0 Å². The van der Waals surface area contributed by atoms with Crippen LogP contribution in [0.3, 0.4) is 0 Å². The van der Waals surface area contributed by atoms with Crippen molar-refractivity contribution in [1.29, 1.82) is 5.26 Å². The standard InChI is InChI=1S/C18H19N3O3/c1-11-7-16(15(9-19)12(2)21-11)20-10-13-5-6-17(23-3)14(8-13)18(22)24-4/h5-8H,10H2,1-4H3,(H,20,21). The third-order valence-electron chi connectivity index (χ3n) is 3.59. The average Bonchev–Trinajstić information content (AvgIpc) is 2.58. The SMILES string of the molecule is COC(=O)c1cc(CNc2cc(C)nc(C)c2C#N)ccc1OC. The van der Waals surface area contributed by atoms with E-state index in [1.165, 1.54) is 14.2 Å². The van der Waals surface area contributed by atoms with Crippen LogP contribution >= 0.6 is 0 Å². The number of ether oxygens (including phenoxy) is 2. The number of nitrogens with zero attached hydrogens (tertiary/aromatic N) is 2. The maximum absolute atomic E-state index is 11.8. The van der Waals surface area contributed by atoms with Crippen LogP contribution < -0.4 is 10.1 Å². The molecule has 0 saturated heterocycles. The highest BCUT2D eigenvalue weighted by Crippen LogP contribution is 2.23. The number of hydrogen-bond donors (Lipinski definition) is 1. The predicted molar refractivity (Wildman–Crippen MR) is 90.1 cm³/mol. The molecule has 2 aromatic rings. The predicted octanol–water partition coefficient (Wildman–Crippen LogP) is 2.98. The lowest BCUT2D eigenvalue weighted by atomic mass is 10.1. The molecule has 6 nitrogen and oxygen atoms in total. The summed E-state index contributed by atoms with van der Waals surface area (Å²) in [6.45, 7) is 4.13. The second-order valence-corrected chi connectivity index (χ2v) is 5.26. The van der Waals surface area contributed by atoms with E-state index in [4.69, 9.17) is 9.47 Å². The van der Waals surface area contributed by atoms with Crippen LogP contribution in [0.25, 0.3) is 0 Å².